The molecule has 3 aromatic heterocycles. The molecule has 0 fully saturated rings. The largest absolute Gasteiger partial charge is 0.253 e. The number of fused-ring (bicyclic) bond motifs is 3. The third-order valence-electron chi connectivity index (χ3n) is 8.68. The van der Waals surface area contributed by atoms with E-state index in [1.54, 1.807) is 0 Å². The molecule has 54 heavy (non-hydrogen) atoms. The van der Waals surface area contributed by atoms with Crippen LogP contribution in [0.5, 0.6) is 0 Å². The summed E-state index contributed by atoms with van der Waals surface area (Å²) in [5, 5.41) is 3.77. The molecule has 0 aliphatic rings. The lowest BCUT2D eigenvalue weighted by atomic mass is 9.95. The van der Waals surface area contributed by atoms with E-state index in [1.807, 2.05) is 12.1 Å². The SMILES string of the molecule is C.C.C.CC(C)c1cc(C(C)C)c2ccccc2n1.CC(C)c1cc(C(C)C)c2ccccc2n1.CC(C)c1nc(C(C)C)c2ccccc2n1.[B].[B].[B]. The van der Waals surface area contributed by atoms with Gasteiger partial charge in [0, 0.05) is 58.7 Å². The van der Waals surface area contributed by atoms with Gasteiger partial charge in [-0.05, 0) is 71.0 Å². The monoisotopic (exact) mass is 722 g/mol. The highest BCUT2D eigenvalue weighted by Crippen LogP contribution is 2.29. The Bertz CT molecular complexity index is 1740. The van der Waals surface area contributed by atoms with Crippen LogP contribution in [0.3, 0.4) is 0 Å². The third-order valence-corrected chi connectivity index (χ3v) is 8.68. The van der Waals surface area contributed by atoms with Crippen LogP contribution < -0.4 is 0 Å². The van der Waals surface area contributed by atoms with Crippen LogP contribution in [-0.2, 0) is 0 Å². The summed E-state index contributed by atoms with van der Waals surface area (Å²) in [7, 11) is 0. The zero-order chi connectivity index (χ0) is 35.1. The Balaban J connectivity index is -0.000000684. The maximum Gasteiger partial charge on any atom is 0.131 e. The molecule has 0 saturated carbocycles. The molecular weight excluding hydrogens is 653 g/mol. The minimum Gasteiger partial charge on any atom is -0.253 e. The van der Waals surface area contributed by atoms with E-state index >= 15 is 0 Å². The van der Waals surface area contributed by atoms with Crippen LogP contribution in [0.15, 0.2) is 84.9 Å². The van der Waals surface area contributed by atoms with Crippen molar-refractivity contribution >= 4 is 57.9 Å². The molecule has 6 aromatic rings. The van der Waals surface area contributed by atoms with E-state index < -0.39 is 0 Å². The topological polar surface area (TPSA) is 51.6 Å². The molecule has 0 aliphatic carbocycles. The predicted octanol–water partition coefficient (Wildman–Crippen LogP) is 13.6. The van der Waals surface area contributed by atoms with Crippen LogP contribution in [-0.4, -0.2) is 45.2 Å². The van der Waals surface area contributed by atoms with Gasteiger partial charge in [0.25, 0.3) is 0 Å². The zero-order valence-electron chi connectivity index (χ0n) is 33.1. The Morgan fingerprint density at radius 2 is 0.685 bits per heavy atom. The molecule has 9 radical (unpaired) electrons. The van der Waals surface area contributed by atoms with E-state index in [0.29, 0.717) is 35.5 Å². The van der Waals surface area contributed by atoms with E-state index in [4.69, 9.17) is 9.97 Å². The minimum atomic E-state index is 0. The summed E-state index contributed by atoms with van der Waals surface area (Å²) in [5.74, 6) is 3.83. The quantitative estimate of drug-likeness (QED) is 0.161. The standard InChI is InChI=1S/2C15H19N.C14H18N2.3CH4.3B/c2*1-10(2)13-9-15(11(3)4)16-14-8-6-5-7-12(13)14;1-9(2)13-11-7-5-6-8-12(11)15-14(16-13)10(3)4;;;;;;/h2*5-11H,1-4H3;5-10H,1-4H3;3*1H4;;;. The normalized spacial score (nSPS) is 10.3. The molecule has 7 heteroatoms. The first-order valence-corrected chi connectivity index (χ1v) is 17.8. The van der Waals surface area contributed by atoms with Gasteiger partial charge in [-0.15, -0.1) is 0 Å². The van der Waals surface area contributed by atoms with Gasteiger partial charge in [0.15, 0.2) is 0 Å². The highest BCUT2D eigenvalue weighted by molar-refractivity contribution is 5.84. The second-order valence-electron chi connectivity index (χ2n) is 14.7. The number of aromatic nitrogens is 4. The molecule has 6 rings (SSSR count). The van der Waals surface area contributed by atoms with E-state index in [1.165, 1.54) is 38.7 Å². The van der Waals surface area contributed by atoms with Crippen molar-refractivity contribution in [2.24, 2.45) is 0 Å². The van der Waals surface area contributed by atoms with Crippen molar-refractivity contribution in [3.63, 3.8) is 0 Å². The van der Waals surface area contributed by atoms with Gasteiger partial charge in [0.2, 0.25) is 0 Å². The highest BCUT2D eigenvalue weighted by Gasteiger charge is 2.13. The average Bonchev–Trinajstić information content (AvgIpc) is 3.06. The summed E-state index contributed by atoms with van der Waals surface area (Å²) in [6.45, 7) is 26.4. The molecule has 0 amide bonds. The molecule has 0 saturated heterocycles. The maximum atomic E-state index is 4.72. The smallest absolute Gasteiger partial charge is 0.131 e. The maximum absolute atomic E-state index is 4.72. The fourth-order valence-electron chi connectivity index (χ4n) is 5.81. The lowest BCUT2D eigenvalue weighted by Crippen LogP contribution is -2.04. The van der Waals surface area contributed by atoms with Crippen LogP contribution >= 0.6 is 0 Å². The Labute approximate surface area is 336 Å². The highest BCUT2D eigenvalue weighted by atomic mass is 14.9. The Kier molecular flexibility index (Phi) is 24.6. The molecule has 0 unspecified atom stereocenters. The molecule has 0 aliphatic heterocycles. The van der Waals surface area contributed by atoms with Gasteiger partial charge in [-0.25, -0.2) is 9.97 Å². The summed E-state index contributed by atoms with van der Waals surface area (Å²) < 4.78 is 0. The van der Waals surface area contributed by atoms with Gasteiger partial charge in [-0.3, -0.25) is 9.97 Å². The second-order valence-corrected chi connectivity index (χ2v) is 14.7. The summed E-state index contributed by atoms with van der Waals surface area (Å²) in [5.41, 5.74) is 9.68. The van der Waals surface area contributed by atoms with Gasteiger partial charge in [-0.1, -0.05) is 160 Å². The van der Waals surface area contributed by atoms with Crippen molar-refractivity contribution in [3.8, 4) is 0 Å². The number of para-hydroxylation sites is 3. The van der Waals surface area contributed by atoms with Crippen molar-refractivity contribution in [2.75, 3.05) is 0 Å². The first-order chi connectivity index (χ1) is 22.8. The van der Waals surface area contributed by atoms with Crippen molar-refractivity contribution in [1.82, 2.24) is 19.9 Å². The van der Waals surface area contributed by atoms with Gasteiger partial charge >= 0.3 is 0 Å². The average molecular weight is 722 g/mol. The van der Waals surface area contributed by atoms with Crippen molar-refractivity contribution in [1.29, 1.82) is 0 Å². The van der Waals surface area contributed by atoms with Crippen molar-refractivity contribution in [2.45, 2.75) is 141 Å². The fraction of sp³-hybridized carbons (Fsp3) is 0.447. The van der Waals surface area contributed by atoms with Crippen molar-refractivity contribution in [3.05, 3.63) is 119 Å². The summed E-state index contributed by atoms with van der Waals surface area (Å²) in [6.07, 6.45) is 0. The number of hydrogen-bond acceptors (Lipinski definition) is 4. The Morgan fingerprint density at radius 1 is 0.352 bits per heavy atom. The number of hydrogen-bond donors (Lipinski definition) is 0. The molecule has 285 valence electrons. The Hall–Kier alpha value is -3.99. The van der Waals surface area contributed by atoms with E-state index in [0.717, 1.165) is 28.1 Å². The number of benzene rings is 3. The zero-order valence-corrected chi connectivity index (χ0v) is 33.1. The molecule has 0 N–H and O–H groups in total. The van der Waals surface area contributed by atoms with Gasteiger partial charge < -0.3 is 0 Å². The van der Waals surface area contributed by atoms with Gasteiger partial charge in [-0.2, -0.15) is 0 Å². The summed E-state index contributed by atoms with van der Waals surface area (Å²) >= 11 is 0. The molecule has 0 spiro atoms. The van der Waals surface area contributed by atoms with E-state index in [9.17, 15) is 0 Å². The van der Waals surface area contributed by atoms with E-state index in [2.05, 4.69) is 166 Å². The third kappa shape index (κ3) is 13.4. The van der Waals surface area contributed by atoms with Gasteiger partial charge in [0.1, 0.15) is 5.82 Å². The second kappa shape index (κ2) is 24.4. The van der Waals surface area contributed by atoms with Crippen LogP contribution in [0.1, 0.15) is 175 Å². The van der Waals surface area contributed by atoms with Gasteiger partial charge in [0.05, 0.1) is 22.2 Å². The van der Waals surface area contributed by atoms with Crippen LogP contribution in [0.2, 0.25) is 0 Å². The van der Waals surface area contributed by atoms with Crippen molar-refractivity contribution < 1.29 is 0 Å². The molecule has 3 heterocycles. The number of pyridine rings is 2. The number of nitrogens with zero attached hydrogens (tertiary/aromatic N) is 4. The van der Waals surface area contributed by atoms with Crippen LogP contribution in [0, 0.1) is 0 Å². The molecule has 3 aromatic carbocycles. The molecule has 4 nitrogen and oxygen atoms in total. The lowest BCUT2D eigenvalue weighted by molar-refractivity contribution is 0.743. The fourth-order valence-corrected chi connectivity index (χ4v) is 5.81. The first-order valence-electron chi connectivity index (χ1n) is 17.8. The van der Waals surface area contributed by atoms with Crippen LogP contribution in [0.25, 0.3) is 32.7 Å². The lowest BCUT2D eigenvalue weighted by Gasteiger charge is -2.13. The predicted molar refractivity (Wildman–Crippen MR) is 245 cm³/mol. The molecular formula is C47H68B3N4. The minimum absolute atomic E-state index is 0. The Morgan fingerprint density at radius 3 is 1.00 bits per heavy atom. The van der Waals surface area contributed by atoms with E-state index in [-0.39, 0.29) is 47.5 Å². The van der Waals surface area contributed by atoms with Crippen LogP contribution in [0.4, 0.5) is 0 Å². The summed E-state index contributed by atoms with van der Waals surface area (Å²) in [4.78, 5) is 18.7. The number of rotatable bonds is 6. The first kappa shape index (κ1) is 54.4. The molecule has 0 bridgehead atoms. The molecule has 0 atom stereocenters. The summed E-state index contributed by atoms with van der Waals surface area (Å²) in [6, 6.07) is 29.6.